The van der Waals surface area contributed by atoms with Crippen molar-refractivity contribution in [3.05, 3.63) is 88.5 Å². The molecular formula is C34H35N3O3. The first-order chi connectivity index (χ1) is 19.5. The quantitative estimate of drug-likeness (QED) is 0.206. The molecule has 0 aromatic heterocycles. The van der Waals surface area contributed by atoms with Crippen LogP contribution >= 0.6 is 0 Å². The van der Waals surface area contributed by atoms with Crippen molar-refractivity contribution in [3.63, 3.8) is 0 Å². The van der Waals surface area contributed by atoms with Crippen molar-refractivity contribution in [2.45, 2.75) is 58.0 Å². The van der Waals surface area contributed by atoms with Gasteiger partial charge in [0, 0.05) is 24.1 Å². The molecule has 40 heavy (non-hydrogen) atoms. The van der Waals surface area contributed by atoms with Gasteiger partial charge in [0.05, 0.1) is 18.2 Å². The highest BCUT2D eigenvalue weighted by molar-refractivity contribution is 5.81. The highest BCUT2D eigenvalue weighted by atomic mass is 16.5. The Kier molecular flexibility index (Phi) is 10.1. The molecule has 1 saturated heterocycles. The largest absolute Gasteiger partial charge is 0.493 e. The minimum atomic E-state index is -0.784. The SMILES string of the molecule is Cc1cc(OCCCCC#N)c(CN2CCCCC2C(=O)O)cc1C=Cc1cccc(-c2ccccc2)c1C#N. The van der Waals surface area contributed by atoms with Gasteiger partial charge in [-0.3, -0.25) is 9.69 Å². The second-order valence-corrected chi connectivity index (χ2v) is 10.2. The third-order valence-electron chi connectivity index (χ3n) is 7.40. The van der Waals surface area contributed by atoms with Gasteiger partial charge in [0.25, 0.3) is 0 Å². The predicted molar refractivity (Wildman–Crippen MR) is 157 cm³/mol. The third kappa shape index (κ3) is 7.17. The molecule has 0 saturated carbocycles. The average Bonchev–Trinajstić information content (AvgIpc) is 2.97. The van der Waals surface area contributed by atoms with E-state index in [4.69, 9.17) is 10.00 Å². The lowest BCUT2D eigenvalue weighted by atomic mass is 9.95. The summed E-state index contributed by atoms with van der Waals surface area (Å²) < 4.78 is 6.17. The van der Waals surface area contributed by atoms with Crippen LogP contribution in [0.25, 0.3) is 23.3 Å². The fourth-order valence-corrected chi connectivity index (χ4v) is 5.22. The Morgan fingerprint density at radius 1 is 1.05 bits per heavy atom. The van der Waals surface area contributed by atoms with Crippen molar-refractivity contribution in [2.75, 3.05) is 13.2 Å². The smallest absolute Gasteiger partial charge is 0.320 e. The van der Waals surface area contributed by atoms with Crippen LogP contribution in [-0.4, -0.2) is 35.2 Å². The Morgan fingerprint density at radius 2 is 1.85 bits per heavy atom. The molecule has 0 radical (unpaired) electrons. The zero-order valence-corrected chi connectivity index (χ0v) is 23.0. The van der Waals surface area contributed by atoms with Crippen molar-refractivity contribution in [3.8, 4) is 29.0 Å². The molecule has 1 heterocycles. The summed E-state index contributed by atoms with van der Waals surface area (Å²) in [5.41, 5.74) is 6.31. The Balaban J connectivity index is 1.65. The van der Waals surface area contributed by atoms with Gasteiger partial charge >= 0.3 is 5.97 Å². The zero-order chi connectivity index (χ0) is 28.3. The Morgan fingerprint density at radius 3 is 2.60 bits per heavy atom. The normalized spacial score (nSPS) is 15.4. The number of carbonyl (C=O) groups is 1. The van der Waals surface area contributed by atoms with E-state index in [1.165, 1.54) is 0 Å². The van der Waals surface area contributed by atoms with Crippen molar-refractivity contribution >= 4 is 18.1 Å². The van der Waals surface area contributed by atoms with Gasteiger partial charge in [0.15, 0.2) is 0 Å². The molecule has 3 aromatic rings. The van der Waals surface area contributed by atoms with E-state index in [9.17, 15) is 15.2 Å². The van der Waals surface area contributed by atoms with Crippen molar-refractivity contribution in [2.24, 2.45) is 0 Å². The molecule has 4 rings (SSSR count). The van der Waals surface area contributed by atoms with Gasteiger partial charge in [-0.15, -0.1) is 0 Å². The highest BCUT2D eigenvalue weighted by Gasteiger charge is 2.29. The van der Waals surface area contributed by atoms with Crippen LogP contribution in [-0.2, 0) is 11.3 Å². The van der Waals surface area contributed by atoms with Crippen LogP contribution < -0.4 is 4.74 Å². The first-order valence-electron chi connectivity index (χ1n) is 13.9. The van der Waals surface area contributed by atoms with E-state index < -0.39 is 12.0 Å². The summed E-state index contributed by atoms with van der Waals surface area (Å²) in [6.07, 6.45) is 8.59. The minimum Gasteiger partial charge on any atom is -0.493 e. The summed E-state index contributed by atoms with van der Waals surface area (Å²) >= 11 is 0. The first-order valence-corrected chi connectivity index (χ1v) is 13.9. The molecular weight excluding hydrogens is 498 g/mol. The molecule has 1 unspecified atom stereocenters. The molecule has 0 amide bonds. The van der Waals surface area contributed by atoms with Crippen LogP contribution in [0.5, 0.6) is 5.75 Å². The molecule has 1 atom stereocenters. The number of ether oxygens (including phenoxy) is 1. The van der Waals surface area contributed by atoms with Gasteiger partial charge < -0.3 is 9.84 Å². The molecule has 6 heteroatoms. The monoisotopic (exact) mass is 533 g/mol. The van der Waals surface area contributed by atoms with Crippen LogP contribution in [0.1, 0.15) is 66.3 Å². The number of likely N-dealkylation sites (tertiary alicyclic amines) is 1. The number of hydrogen-bond donors (Lipinski definition) is 1. The standard InChI is InChI=1S/C34H35N3O3/c1-25-21-33(40-20-9-3-7-18-35)29(24-37-19-8-6-15-32(37)34(38)39)22-28(25)17-16-27-13-10-14-30(31(27)23-36)26-11-4-2-5-12-26/h2,4-5,10-14,16-17,21-22,32H,3,6-9,15,19-20,24H2,1H3,(H,38,39). The molecule has 0 aliphatic carbocycles. The number of carboxylic acids is 1. The maximum absolute atomic E-state index is 11.9. The predicted octanol–water partition coefficient (Wildman–Crippen LogP) is 7.22. The van der Waals surface area contributed by atoms with Crippen molar-refractivity contribution in [1.29, 1.82) is 10.5 Å². The number of piperidine rings is 1. The molecule has 1 aliphatic rings. The van der Waals surface area contributed by atoms with Crippen LogP contribution in [0.3, 0.4) is 0 Å². The summed E-state index contributed by atoms with van der Waals surface area (Å²) in [4.78, 5) is 14.0. The van der Waals surface area contributed by atoms with E-state index in [-0.39, 0.29) is 0 Å². The van der Waals surface area contributed by atoms with E-state index >= 15 is 0 Å². The van der Waals surface area contributed by atoms with E-state index in [2.05, 4.69) is 18.2 Å². The number of aryl methyl sites for hydroxylation is 1. The Hall–Kier alpha value is -4.39. The molecule has 6 nitrogen and oxygen atoms in total. The van der Waals surface area contributed by atoms with E-state index in [0.29, 0.717) is 31.6 Å². The number of nitrogens with zero attached hydrogens (tertiary/aromatic N) is 3. The number of benzene rings is 3. The summed E-state index contributed by atoms with van der Waals surface area (Å²) in [7, 11) is 0. The molecule has 0 bridgehead atoms. The lowest BCUT2D eigenvalue weighted by Crippen LogP contribution is -2.44. The number of hydrogen-bond acceptors (Lipinski definition) is 5. The van der Waals surface area contributed by atoms with Crippen LogP contribution in [0.4, 0.5) is 0 Å². The maximum atomic E-state index is 11.9. The highest BCUT2D eigenvalue weighted by Crippen LogP contribution is 2.31. The fraction of sp³-hybridized carbons (Fsp3) is 0.324. The average molecular weight is 534 g/mol. The van der Waals surface area contributed by atoms with E-state index in [0.717, 1.165) is 71.4 Å². The van der Waals surface area contributed by atoms with Crippen LogP contribution in [0, 0.1) is 29.6 Å². The molecule has 1 fully saturated rings. The van der Waals surface area contributed by atoms with Crippen LogP contribution in [0.15, 0.2) is 60.7 Å². The minimum absolute atomic E-state index is 0.485. The lowest BCUT2D eigenvalue weighted by Gasteiger charge is -2.33. The van der Waals surface area contributed by atoms with E-state index in [1.54, 1.807) is 0 Å². The topological polar surface area (TPSA) is 97.3 Å². The lowest BCUT2D eigenvalue weighted by molar-refractivity contribution is -0.144. The second kappa shape index (κ2) is 14.1. The van der Waals surface area contributed by atoms with E-state index in [1.807, 2.05) is 78.6 Å². The number of rotatable bonds is 11. The number of aliphatic carboxylic acids is 1. The van der Waals surface area contributed by atoms with Crippen molar-refractivity contribution in [1.82, 2.24) is 4.90 Å². The summed E-state index contributed by atoms with van der Waals surface area (Å²) in [6.45, 7) is 3.75. The Bertz CT molecular complexity index is 1430. The number of carboxylic acid groups (broad SMARTS) is 1. The van der Waals surface area contributed by atoms with Crippen molar-refractivity contribution < 1.29 is 14.6 Å². The molecule has 204 valence electrons. The van der Waals surface area contributed by atoms with Gasteiger partial charge in [-0.25, -0.2) is 0 Å². The molecule has 0 spiro atoms. The number of unbranched alkanes of at least 4 members (excludes halogenated alkanes) is 2. The van der Waals surface area contributed by atoms with Gasteiger partial charge in [-0.2, -0.15) is 10.5 Å². The fourth-order valence-electron chi connectivity index (χ4n) is 5.22. The molecule has 1 N–H and O–H groups in total. The summed E-state index contributed by atoms with van der Waals surface area (Å²) in [5.74, 6) is -0.0293. The first kappa shape index (κ1) is 28.6. The molecule has 3 aromatic carbocycles. The summed E-state index contributed by atoms with van der Waals surface area (Å²) in [6, 6.07) is 23.9. The number of nitriles is 2. The van der Waals surface area contributed by atoms with Crippen LogP contribution in [0.2, 0.25) is 0 Å². The zero-order valence-electron chi connectivity index (χ0n) is 23.0. The Labute approximate surface area is 236 Å². The van der Waals surface area contributed by atoms with Gasteiger partial charge in [0.2, 0.25) is 0 Å². The maximum Gasteiger partial charge on any atom is 0.320 e. The van der Waals surface area contributed by atoms with Gasteiger partial charge in [-0.05, 0) is 73.5 Å². The van der Waals surface area contributed by atoms with Gasteiger partial charge in [-0.1, -0.05) is 67.1 Å². The van der Waals surface area contributed by atoms with Gasteiger partial charge in [0.1, 0.15) is 17.9 Å². The third-order valence-corrected chi connectivity index (χ3v) is 7.40. The molecule has 1 aliphatic heterocycles. The second-order valence-electron chi connectivity index (χ2n) is 10.2. The summed E-state index contributed by atoms with van der Waals surface area (Å²) in [5, 5.41) is 28.6.